The van der Waals surface area contributed by atoms with Crippen molar-refractivity contribution in [1.82, 2.24) is 0 Å². The molecule has 0 spiro atoms. The molecule has 1 aliphatic heterocycles. The van der Waals surface area contributed by atoms with Crippen LogP contribution in [0, 0.1) is 6.92 Å². The zero-order chi connectivity index (χ0) is 13.3. The number of hydrogen-bond donors (Lipinski definition) is 1. The van der Waals surface area contributed by atoms with Crippen molar-refractivity contribution in [2.24, 2.45) is 0 Å². The van der Waals surface area contributed by atoms with Crippen LogP contribution in [0.3, 0.4) is 0 Å². The van der Waals surface area contributed by atoms with Gasteiger partial charge in [-0.2, -0.15) is 0 Å². The molecular formula is C14H17ClO3. The summed E-state index contributed by atoms with van der Waals surface area (Å²) in [5, 5.41) is 9.68. The van der Waals surface area contributed by atoms with Crippen LogP contribution in [-0.2, 0) is 0 Å². The van der Waals surface area contributed by atoms with Gasteiger partial charge in [-0.1, -0.05) is 11.6 Å². The Bertz CT molecular complexity index is 496. The van der Waals surface area contributed by atoms with Crippen LogP contribution in [0.15, 0.2) is 12.1 Å². The molecule has 0 bridgehead atoms. The minimum atomic E-state index is -0.524. The monoisotopic (exact) mass is 268 g/mol. The molecule has 0 saturated heterocycles. The van der Waals surface area contributed by atoms with Crippen molar-refractivity contribution in [2.45, 2.75) is 25.9 Å². The number of fused-ring (bicyclic) bond motifs is 1. The fourth-order valence-electron chi connectivity index (χ4n) is 2.06. The highest BCUT2D eigenvalue weighted by Crippen LogP contribution is 2.44. The maximum absolute atomic E-state index is 9.08. The Hall–Kier alpha value is -1.19. The van der Waals surface area contributed by atoms with Gasteiger partial charge in [0.05, 0.1) is 17.7 Å². The maximum atomic E-state index is 9.08. The van der Waals surface area contributed by atoms with E-state index in [-0.39, 0.29) is 6.61 Å². The average Bonchev–Trinajstić information content (AvgIpc) is 2.34. The van der Waals surface area contributed by atoms with Crippen LogP contribution in [0.4, 0.5) is 0 Å². The summed E-state index contributed by atoms with van der Waals surface area (Å²) in [6.07, 6.45) is 4.40. The third-order valence-corrected chi connectivity index (χ3v) is 3.64. The third-order valence-electron chi connectivity index (χ3n) is 3.17. The van der Waals surface area contributed by atoms with Crippen molar-refractivity contribution < 1.29 is 14.6 Å². The number of halogens is 1. The summed E-state index contributed by atoms with van der Waals surface area (Å²) in [7, 11) is 1.62. The molecule has 0 saturated carbocycles. The number of hydrogen-bond acceptors (Lipinski definition) is 3. The van der Waals surface area contributed by atoms with Gasteiger partial charge in [0, 0.05) is 13.0 Å². The Kier molecular flexibility index (Phi) is 3.55. The second kappa shape index (κ2) is 4.82. The van der Waals surface area contributed by atoms with Gasteiger partial charge in [-0.3, -0.25) is 0 Å². The first-order chi connectivity index (χ1) is 8.50. The highest BCUT2D eigenvalue weighted by atomic mass is 35.5. The smallest absolute Gasteiger partial charge is 0.150 e. The van der Waals surface area contributed by atoms with Crippen LogP contribution >= 0.6 is 11.6 Å². The van der Waals surface area contributed by atoms with Gasteiger partial charge in [0.1, 0.15) is 17.1 Å². The molecule has 98 valence electrons. The predicted octanol–water partition coefficient (Wildman–Crippen LogP) is 3.20. The van der Waals surface area contributed by atoms with Gasteiger partial charge in [-0.25, -0.2) is 0 Å². The molecule has 4 heteroatoms. The van der Waals surface area contributed by atoms with E-state index in [1.165, 1.54) is 0 Å². The van der Waals surface area contributed by atoms with Gasteiger partial charge in [-0.05, 0) is 37.6 Å². The van der Waals surface area contributed by atoms with Gasteiger partial charge >= 0.3 is 0 Å². The van der Waals surface area contributed by atoms with Crippen molar-refractivity contribution in [3.63, 3.8) is 0 Å². The van der Waals surface area contributed by atoms with Gasteiger partial charge in [0.25, 0.3) is 0 Å². The third kappa shape index (κ3) is 2.20. The predicted molar refractivity (Wildman–Crippen MR) is 72.5 cm³/mol. The summed E-state index contributed by atoms with van der Waals surface area (Å²) in [5.41, 5.74) is 1.24. The van der Waals surface area contributed by atoms with E-state index in [1.54, 1.807) is 7.11 Å². The Balaban J connectivity index is 2.52. The van der Waals surface area contributed by atoms with E-state index >= 15 is 0 Å². The lowest BCUT2D eigenvalue weighted by Gasteiger charge is -2.32. The summed E-state index contributed by atoms with van der Waals surface area (Å²) >= 11 is 6.29. The van der Waals surface area contributed by atoms with E-state index in [4.69, 9.17) is 26.2 Å². The largest absolute Gasteiger partial charge is 0.496 e. The van der Waals surface area contributed by atoms with Gasteiger partial charge < -0.3 is 14.6 Å². The van der Waals surface area contributed by atoms with Gasteiger partial charge in [0.2, 0.25) is 0 Å². The number of aliphatic hydroxyl groups is 1. The standard InChI is InChI=1S/C14H17ClO3/c1-9-8-11(17-3)10-4-5-14(2,6-7-16)18-13(10)12(9)15/h4-5,8,16H,6-7H2,1-3H3. The van der Waals surface area contributed by atoms with E-state index in [0.717, 1.165) is 16.9 Å². The van der Waals surface area contributed by atoms with E-state index < -0.39 is 5.60 Å². The fraction of sp³-hybridized carbons (Fsp3) is 0.429. The number of rotatable bonds is 3. The number of ether oxygens (including phenoxy) is 2. The van der Waals surface area contributed by atoms with Crippen molar-refractivity contribution in [1.29, 1.82) is 0 Å². The van der Waals surface area contributed by atoms with Gasteiger partial charge in [0.15, 0.2) is 0 Å². The van der Waals surface area contributed by atoms with Crippen LogP contribution in [0.25, 0.3) is 6.08 Å². The van der Waals surface area contributed by atoms with Crippen LogP contribution < -0.4 is 9.47 Å². The topological polar surface area (TPSA) is 38.7 Å². The second-order valence-corrected chi connectivity index (χ2v) is 5.05. The molecule has 1 aromatic rings. The summed E-state index contributed by atoms with van der Waals surface area (Å²) in [6, 6.07) is 1.89. The zero-order valence-electron chi connectivity index (χ0n) is 10.8. The molecule has 1 N–H and O–H groups in total. The molecule has 1 aliphatic rings. The maximum Gasteiger partial charge on any atom is 0.150 e. The van der Waals surface area contributed by atoms with E-state index in [9.17, 15) is 0 Å². The first kappa shape index (κ1) is 13.2. The van der Waals surface area contributed by atoms with Crippen LogP contribution in [-0.4, -0.2) is 24.4 Å². The SMILES string of the molecule is COc1cc(C)c(Cl)c2c1C=CC(C)(CCO)O2. The molecule has 0 aliphatic carbocycles. The Labute approximate surface area is 112 Å². The average molecular weight is 269 g/mol. The molecule has 1 aromatic carbocycles. The molecule has 1 unspecified atom stereocenters. The molecule has 1 heterocycles. The normalized spacial score (nSPS) is 21.4. The summed E-state index contributed by atoms with van der Waals surface area (Å²) in [5.74, 6) is 1.38. The Morgan fingerprint density at radius 2 is 2.22 bits per heavy atom. The first-order valence-corrected chi connectivity index (χ1v) is 6.25. The molecular weight excluding hydrogens is 252 g/mol. The van der Waals surface area contributed by atoms with Crippen molar-refractivity contribution >= 4 is 17.7 Å². The quantitative estimate of drug-likeness (QED) is 0.915. The fourth-order valence-corrected chi connectivity index (χ4v) is 2.25. The van der Waals surface area contributed by atoms with E-state index in [0.29, 0.717) is 17.2 Å². The number of aryl methyl sites for hydroxylation is 1. The molecule has 0 radical (unpaired) electrons. The van der Waals surface area contributed by atoms with Crippen LogP contribution in [0.5, 0.6) is 11.5 Å². The Morgan fingerprint density at radius 1 is 1.50 bits per heavy atom. The summed E-state index contributed by atoms with van der Waals surface area (Å²) in [6.45, 7) is 3.90. The van der Waals surface area contributed by atoms with Gasteiger partial charge in [-0.15, -0.1) is 0 Å². The first-order valence-electron chi connectivity index (χ1n) is 5.87. The van der Waals surface area contributed by atoms with Crippen molar-refractivity contribution in [3.8, 4) is 11.5 Å². The number of aliphatic hydroxyl groups excluding tert-OH is 1. The highest BCUT2D eigenvalue weighted by Gasteiger charge is 2.30. The lowest BCUT2D eigenvalue weighted by Crippen LogP contribution is -2.33. The molecule has 18 heavy (non-hydrogen) atoms. The van der Waals surface area contributed by atoms with Crippen LogP contribution in [0.1, 0.15) is 24.5 Å². The molecule has 0 aromatic heterocycles. The minimum absolute atomic E-state index is 0.0662. The summed E-state index contributed by atoms with van der Waals surface area (Å²) < 4.78 is 11.3. The molecule has 3 nitrogen and oxygen atoms in total. The molecule has 2 rings (SSSR count). The summed E-state index contributed by atoms with van der Waals surface area (Å²) in [4.78, 5) is 0. The Morgan fingerprint density at radius 3 is 2.83 bits per heavy atom. The molecule has 1 atom stereocenters. The number of methoxy groups -OCH3 is 1. The van der Waals surface area contributed by atoms with Crippen molar-refractivity contribution in [2.75, 3.05) is 13.7 Å². The molecule has 0 amide bonds. The zero-order valence-corrected chi connectivity index (χ0v) is 11.5. The van der Waals surface area contributed by atoms with Crippen molar-refractivity contribution in [3.05, 3.63) is 28.3 Å². The second-order valence-electron chi connectivity index (χ2n) is 4.67. The van der Waals surface area contributed by atoms with E-state index in [2.05, 4.69) is 0 Å². The number of benzene rings is 1. The molecule has 0 fully saturated rings. The lowest BCUT2D eigenvalue weighted by atomic mass is 9.96. The highest BCUT2D eigenvalue weighted by molar-refractivity contribution is 6.33. The van der Waals surface area contributed by atoms with E-state index in [1.807, 2.05) is 32.1 Å². The lowest BCUT2D eigenvalue weighted by molar-refractivity contribution is 0.100. The van der Waals surface area contributed by atoms with Crippen LogP contribution in [0.2, 0.25) is 5.02 Å². The minimum Gasteiger partial charge on any atom is -0.496 e.